The fourth-order valence-corrected chi connectivity index (χ4v) is 3.08. The molecule has 1 N–H and O–H groups in total. The van der Waals surface area contributed by atoms with Gasteiger partial charge in [-0.1, -0.05) is 51.0 Å². The second kappa shape index (κ2) is 8.34. The fourth-order valence-electron chi connectivity index (χ4n) is 3.08. The van der Waals surface area contributed by atoms with Gasteiger partial charge in [0.1, 0.15) is 0 Å². The van der Waals surface area contributed by atoms with Crippen molar-refractivity contribution in [3.8, 4) is 0 Å². The zero-order valence-electron chi connectivity index (χ0n) is 11.6. The summed E-state index contributed by atoms with van der Waals surface area (Å²) in [6.07, 6.45) is 14.9. The van der Waals surface area contributed by atoms with Gasteiger partial charge in [-0.25, -0.2) is 0 Å². The van der Waals surface area contributed by atoms with Crippen LogP contribution in [0.1, 0.15) is 77.0 Å². The van der Waals surface area contributed by atoms with Crippen molar-refractivity contribution in [1.29, 1.82) is 0 Å². The Hall–Kier alpha value is -0.790. The van der Waals surface area contributed by atoms with Crippen molar-refractivity contribution in [2.45, 2.75) is 77.0 Å². The molecule has 2 heteroatoms. The fraction of sp³-hybridized carbons (Fsp3) is 0.812. The highest BCUT2D eigenvalue weighted by atomic mass is 16.4. The molecular formula is C16H28O2. The third-order valence-corrected chi connectivity index (χ3v) is 4.33. The summed E-state index contributed by atoms with van der Waals surface area (Å²) < 4.78 is 0. The van der Waals surface area contributed by atoms with Crippen molar-refractivity contribution in [3.63, 3.8) is 0 Å². The second-order valence-electron chi connectivity index (χ2n) is 5.74. The Morgan fingerprint density at radius 1 is 1.06 bits per heavy atom. The van der Waals surface area contributed by atoms with Gasteiger partial charge in [0.05, 0.1) is 5.41 Å². The van der Waals surface area contributed by atoms with E-state index in [4.69, 9.17) is 0 Å². The van der Waals surface area contributed by atoms with Gasteiger partial charge < -0.3 is 5.11 Å². The smallest absolute Gasteiger partial charge is 0.309 e. The van der Waals surface area contributed by atoms with Crippen LogP contribution < -0.4 is 0 Å². The van der Waals surface area contributed by atoms with Crippen molar-refractivity contribution in [2.75, 3.05) is 0 Å². The van der Waals surface area contributed by atoms with Crippen LogP contribution in [-0.4, -0.2) is 11.1 Å². The van der Waals surface area contributed by atoms with Crippen LogP contribution in [0, 0.1) is 5.41 Å². The SMILES string of the molecule is C=CCCCCCC1(C(=O)O)CCCCCCC1. The largest absolute Gasteiger partial charge is 0.481 e. The van der Waals surface area contributed by atoms with Gasteiger partial charge in [-0.05, 0) is 32.1 Å². The minimum Gasteiger partial charge on any atom is -0.481 e. The molecule has 0 amide bonds. The van der Waals surface area contributed by atoms with E-state index in [1.165, 1.54) is 19.3 Å². The quantitative estimate of drug-likeness (QED) is 0.515. The Kier molecular flexibility index (Phi) is 7.07. The summed E-state index contributed by atoms with van der Waals surface area (Å²) in [7, 11) is 0. The highest BCUT2D eigenvalue weighted by Gasteiger charge is 2.37. The van der Waals surface area contributed by atoms with Crippen molar-refractivity contribution in [1.82, 2.24) is 0 Å². The van der Waals surface area contributed by atoms with Crippen LogP contribution in [0.25, 0.3) is 0 Å². The topological polar surface area (TPSA) is 37.3 Å². The van der Waals surface area contributed by atoms with E-state index in [0.717, 1.165) is 57.8 Å². The monoisotopic (exact) mass is 252 g/mol. The summed E-state index contributed by atoms with van der Waals surface area (Å²) in [5.41, 5.74) is -0.408. The van der Waals surface area contributed by atoms with E-state index in [1.807, 2.05) is 6.08 Å². The molecule has 0 unspecified atom stereocenters. The molecule has 18 heavy (non-hydrogen) atoms. The maximum atomic E-state index is 11.6. The minimum atomic E-state index is -0.548. The van der Waals surface area contributed by atoms with Gasteiger partial charge in [-0.15, -0.1) is 6.58 Å². The minimum absolute atomic E-state index is 0.408. The Morgan fingerprint density at radius 2 is 1.67 bits per heavy atom. The molecule has 1 rings (SSSR count). The number of carboxylic acid groups (broad SMARTS) is 1. The number of carboxylic acids is 1. The molecule has 1 saturated carbocycles. The second-order valence-corrected chi connectivity index (χ2v) is 5.74. The molecule has 1 aliphatic rings. The zero-order valence-corrected chi connectivity index (χ0v) is 11.6. The van der Waals surface area contributed by atoms with Gasteiger partial charge in [-0.2, -0.15) is 0 Å². The summed E-state index contributed by atoms with van der Waals surface area (Å²) in [6.45, 7) is 3.72. The lowest BCUT2D eigenvalue weighted by Crippen LogP contribution is -2.31. The number of hydrogen-bond acceptors (Lipinski definition) is 1. The molecule has 0 aromatic heterocycles. The van der Waals surface area contributed by atoms with Crippen LogP contribution in [0.4, 0.5) is 0 Å². The van der Waals surface area contributed by atoms with E-state index in [-0.39, 0.29) is 0 Å². The van der Waals surface area contributed by atoms with Gasteiger partial charge >= 0.3 is 5.97 Å². The Bertz CT molecular complexity index is 250. The first-order valence-corrected chi connectivity index (χ1v) is 7.55. The number of rotatable bonds is 7. The zero-order chi connectivity index (χ0) is 13.3. The van der Waals surface area contributed by atoms with Crippen LogP contribution >= 0.6 is 0 Å². The Labute approximate surface area is 111 Å². The van der Waals surface area contributed by atoms with Crippen molar-refractivity contribution in [2.24, 2.45) is 5.41 Å². The van der Waals surface area contributed by atoms with Crippen LogP contribution in [0.3, 0.4) is 0 Å². The van der Waals surface area contributed by atoms with Crippen molar-refractivity contribution < 1.29 is 9.90 Å². The first-order valence-electron chi connectivity index (χ1n) is 7.55. The van der Waals surface area contributed by atoms with Crippen molar-refractivity contribution in [3.05, 3.63) is 12.7 Å². The molecule has 0 aromatic rings. The highest BCUT2D eigenvalue weighted by molar-refractivity contribution is 5.74. The molecule has 0 aliphatic heterocycles. The molecule has 2 nitrogen and oxygen atoms in total. The van der Waals surface area contributed by atoms with Gasteiger partial charge in [0.15, 0.2) is 0 Å². The van der Waals surface area contributed by atoms with E-state index in [2.05, 4.69) is 6.58 Å². The molecule has 1 aliphatic carbocycles. The van der Waals surface area contributed by atoms with E-state index in [1.54, 1.807) is 0 Å². The molecular weight excluding hydrogens is 224 g/mol. The van der Waals surface area contributed by atoms with E-state index < -0.39 is 11.4 Å². The first-order chi connectivity index (χ1) is 8.71. The average Bonchev–Trinajstić information content (AvgIpc) is 2.31. The number of aliphatic carboxylic acids is 1. The maximum absolute atomic E-state index is 11.6. The van der Waals surface area contributed by atoms with E-state index >= 15 is 0 Å². The lowest BCUT2D eigenvalue weighted by atomic mass is 9.73. The van der Waals surface area contributed by atoms with Crippen LogP contribution in [0.15, 0.2) is 12.7 Å². The summed E-state index contributed by atoms with van der Waals surface area (Å²) >= 11 is 0. The number of hydrogen-bond donors (Lipinski definition) is 1. The lowest BCUT2D eigenvalue weighted by molar-refractivity contribution is -0.151. The van der Waals surface area contributed by atoms with Crippen LogP contribution in [-0.2, 0) is 4.79 Å². The summed E-state index contributed by atoms with van der Waals surface area (Å²) in [5.74, 6) is -0.548. The first kappa shape index (κ1) is 15.3. The normalized spacial score (nSPS) is 19.8. The summed E-state index contributed by atoms with van der Waals surface area (Å²) in [5, 5.41) is 9.59. The molecule has 0 spiro atoms. The molecule has 0 atom stereocenters. The number of carbonyl (C=O) groups is 1. The molecule has 0 bridgehead atoms. The average molecular weight is 252 g/mol. The summed E-state index contributed by atoms with van der Waals surface area (Å²) in [4.78, 5) is 11.6. The molecule has 0 heterocycles. The third kappa shape index (κ3) is 4.83. The molecule has 0 aromatic carbocycles. The standard InChI is InChI=1S/C16H28O2/c1-2-3-4-6-9-12-16(15(17)18)13-10-7-5-8-11-14-16/h2H,1,3-14H2,(H,17,18). The van der Waals surface area contributed by atoms with Gasteiger partial charge in [-0.3, -0.25) is 4.79 Å². The van der Waals surface area contributed by atoms with Gasteiger partial charge in [0.25, 0.3) is 0 Å². The summed E-state index contributed by atoms with van der Waals surface area (Å²) in [6, 6.07) is 0. The van der Waals surface area contributed by atoms with E-state index in [0.29, 0.717) is 0 Å². The van der Waals surface area contributed by atoms with E-state index in [9.17, 15) is 9.90 Å². The molecule has 104 valence electrons. The number of allylic oxidation sites excluding steroid dienone is 1. The highest BCUT2D eigenvalue weighted by Crippen LogP contribution is 2.39. The lowest BCUT2D eigenvalue weighted by Gasteiger charge is -2.31. The molecule has 0 radical (unpaired) electrons. The molecule has 0 saturated heterocycles. The Balaban J connectivity index is 2.44. The van der Waals surface area contributed by atoms with Crippen LogP contribution in [0.5, 0.6) is 0 Å². The predicted octanol–water partition coefficient (Wildman–Crippen LogP) is 4.94. The Morgan fingerprint density at radius 3 is 2.22 bits per heavy atom. The van der Waals surface area contributed by atoms with Crippen LogP contribution in [0.2, 0.25) is 0 Å². The predicted molar refractivity (Wildman–Crippen MR) is 75.7 cm³/mol. The van der Waals surface area contributed by atoms with Crippen molar-refractivity contribution >= 4 is 5.97 Å². The molecule has 1 fully saturated rings. The van der Waals surface area contributed by atoms with Gasteiger partial charge in [0.2, 0.25) is 0 Å². The number of unbranched alkanes of at least 4 members (excludes halogenated alkanes) is 3. The maximum Gasteiger partial charge on any atom is 0.309 e. The van der Waals surface area contributed by atoms with Gasteiger partial charge in [0, 0.05) is 0 Å². The third-order valence-electron chi connectivity index (χ3n) is 4.33.